The monoisotopic (exact) mass is 364 g/mol. The quantitative estimate of drug-likeness (QED) is 0.567. The number of hydrogen-bond donors (Lipinski definition) is 0. The molecule has 0 spiro atoms. The lowest BCUT2D eigenvalue weighted by atomic mass is 9.93. The molecule has 0 fully saturated rings. The van der Waals surface area contributed by atoms with E-state index in [-0.39, 0.29) is 5.78 Å². The van der Waals surface area contributed by atoms with Gasteiger partial charge < -0.3 is 0 Å². The lowest BCUT2D eigenvalue weighted by Crippen LogP contribution is -2.08. The predicted octanol–water partition coefficient (Wildman–Crippen LogP) is 4.72. The average molecular weight is 364 g/mol. The SMILES string of the molecule is CC(C)Cc1ccccc1C(=O)c1ccccc1I. The Morgan fingerprint density at radius 3 is 2.21 bits per heavy atom. The Hall–Kier alpha value is -1.16. The van der Waals surface area contributed by atoms with Crippen molar-refractivity contribution in [3.8, 4) is 0 Å². The van der Waals surface area contributed by atoms with Crippen molar-refractivity contribution in [3.05, 3.63) is 68.8 Å². The van der Waals surface area contributed by atoms with Gasteiger partial charge in [-0.15, -0.1) is 0 Å². The number of carbonyl (C=O) groups is 1. The van der Waals surface area contributed by atoms with Crippen LogP contribution in [0, 0.1) is 9.49 Å². The molecule has 0 aliphatic heterocycles. The minimum atomic E-state index is 0.126. The number of rotatable bonds is 4. The lowest BCUT2D eigenvalue weighted by Gasteiger charge is -2.11. The van der Waals surface area contributed by atoms with E-state index in [1.807, 2.05) is 42.5 Å². The van der Waals surface area contributed by atoms with Crippen LogP contribution in [0.3, 0.4) is 0 Å². The molecular weight excluding hydrogens is 347 g/mol. The van der Waals surface area contributed by atoms with Gasteiger partial charge in [-0.2, -0.15) is 0 Å². The molecule has 2 heteroatoms. The summed E-state index contributed by atoms with van der Waals surface area (Å²) in [4.78, 5) is 12.7. The van der Waals surface area contributed by atoms with Crippen LogP contribution in [-0.2, 0) is 6.42 Å². The summed E-state index contributed by atoms with van der Waals surface area (Å²) in [6.07, 6.45) is 0.936. The zero-order valence-electron chi connectivity index (χ0n) is 11.2. The molecule has 0 aromatic heterocycles. The fraction of sp³-hybridized carbons (Fsp3) is 0.235. The molecule has 98 valence electrons. The molecule has 0 unspecified atom stereocenters. The van der Waals surface area contributed by atoms with Crippen LogP contribution in [0.5, 0.6) is 0 Å². The highest BCUT2D eigenvalue weighted by molar-refractivity contribution is 14.1. The van der Waals surface area contributed by atoms with E-state index >= 15 is 0 Å². The van der Waals surface area contributed by atoms with E-state index in [9.17, 15) is 4.79 Å². The van der Waals surface area contributed by atoms with Crippen molar-refractivity contribution in [2.45, 2.75) is 20.3 Å². The Labute approximate surface area is 128 Å². The van der Waals surface area contributed by atoms with Crippen molar-refractivity contribution in [1.82, 2.24) is 0 Å². The smallest absolute Gasteiger partial charge is 0.194 e. The lowest BCUT2D eigenvalue weighted by molar-refractivity contribution is 0.103. The summed E-state index contributed by atoms with van der Waals surface area (Å²) in [6, 6.07) is 15.7. The van der Waals surface area contributed by atoms with Gasteiger partial charge in [-0.3, -0.25) is 4.79 Å². The molecule has 0 amide bonds. The topological polar surface area (TPSA) is 17.1 Å². The van der Waals surface area contributed by atoms with Gasteiger partial charge >= 0.3 is 0 Å². The molecule has 0 bridgehead atoms. The van der Waals surface area contributed by atoms with Crippen LogP contribution in [0.4, 0.5) is 0 Å². The van der Waals surface area contributed by atoms with Gasteiger partial charge in [0.1, 0.15) is 0 Å². The maximum absolute atomic E-state index is 12.7. The van der Waals surface area contributed by atoms with E-state index < -0.39 is 0 Å². The van der Waals surface area contributed by atoms with E-state index in [0.717, 1.165) is 26.7 Å². The number of halogens is 1. The van der Waals surface area contributed by atoms with Crippen LogP contribution < -0.4 is 0 Å². The molecule has 1 nitrogen and oxygen atoms in total. The van der Waals surface area contributed by atoms with E-state index in [1.165, 1.54) is 0 Å². The molecule has 2 rings (SSSR count). The van der Waals surface area contributed by atoms with E-state index in [2.05, 4.69) is 42.5 Å². The minimum Gasteiger partial charge on any atom is -0.289 e. The number of hydrogen-bond acceptors (Lipinski definition) is 1. The molecule has 2 aromatic rings. The summed E-state index contributed by atoms with van der Waals surface area (Å²) in [5.41, 5.74) is 2.77. The fourth-order valence-corrected chi connectivity index (χ4v) is 2.78. The van der Waals surface area contributed by atoms with Gasteiger partial charge in [-0.25, -0.2) is 0 Å². The Morgan fingerprint density at radius 1 is 1.00 bits per heavy atom. The summed E-state index contributed by atoms with van der Waals surface area (Å²) in [5, 5.41) is 0. The Kier molecular flexibility index (Phi) is 4.75. The summed E-state index contributed by atoms with van der Waals surface area (Å²) in [7, 11) is 0. The standard InChI is InChI=1S/C17H17IO/c1-12(2)11-13-7-3-4-8-14(13)17(19)15-9-5-6-10-16(15)18/h3-10,12H,11H2,1-2H3. The van der Waals surface area contributed by atoms with Gasteiger partial charge in [-0.1, -0.05) is 50.2 Å². The second-order valence-electron chi connectivity index (χ2n) is 5.06. The second kappa shape index (κ2) is 6.33. The van der Waals surface area contributed by atoms with E-state index in [0.29, 0.717) is 5.92 Å². The molecule has 0 N–H and O–H groups in total. The third-order valence-electron chi connectivity index (χ3n) is 3.01. The Bertz CT molecular complexity index is 587. The third kappa shape index (κ3) is 3.44. The third-order valence-corrected chi connectivity index (χ3v) is 3.95. The molecule has 0 saturated heterocycles. The maximum atomic E-state index is 12.7. The molecule has 0 aliphatic rings. The van der Waals surface area contributed by atoms with Crippen LogP contribution in [0.15, 0.2) is 48.5 Å². The van der Waals surface area contributed by atoms with Crippen LogP contribution in [0.2, 0.25) is 0 Å². The van der Waals surface area contributed by atoms with Gasteiger partial charge in [0.15, 0.2) is 5.78 Å². The Morgan fingerprint density at radius 2 is 1.58 bits per heavy atom. The molecule has 19 heavy (non-hydrogen) atoms. The largest absolute Gasteiger partial charge is 0.289 e. The molecule has 2 aromatic carbocycles. The van der Waals surface area contributed by atoms with Gasteiger partial charge in [0.05, 0.1) is 0 Å². The summed E-state index contributed by atoms with van der Waals surface area (Å²) >= 11 is 2.22. The first kappa shape index (κ1) is 14.3. The molecular formula is C17H17IO. The van der Waals surface area contributed by atoms with Crippen LogP contribution >= 0.6 is 22.6 Å². The first-order chi connectivity index (χ1) is 9.09. The molecule has 0 saturated carbocycles. The van der Waals surface area contributed by atoms with Crippen LogP contribution in [-0.4, -0.2) is 5.78 Å². The summed E-state index contributed by atoms with van der Waals surface area (Å²) in [5.74, 6) is 0.671. The van der Waals surface area contributed by atoms with Crippen molar-refractivity contribution in [1.29, 1.82) is 0 Å². The fourth-order valence-electron chi connectivity index (χ4n) is 2.15. The van der Waals surface area contributed by atoms with Crippen molar-refractivity contribution in [3.63, 3.8) is 0 Å². The zero-order chi connectivity index (χ0) is 13.8. The first-order valence-electron chi connectivity index (χ1n) is 6.46. The van der Waals surface area contributed by atoms with Gasteiger partial charge in [0, 0.05) is 14.7 Å². The Balaban J connectivity index is 2.42. The second-order valence-corrected chi connectivity index (χ2v) is 6.23. The van der Waals surface area contributed by atoms with Gasteiger partial charge in [0.2, 0.25) is 0 Å². The van der Waals surface area contributed by atoms with Crippen molar-refractivity contribution >= 4 is 28.4 Å². The molecule has 0 radical (unpaired) electrons. The number of benzene rings is 2. The van der Waals surface area contributed by atoms with Crippen molar-refractivity contribution in [2.75, 3.05) is 0 Å². The minimum absolute atomic E-state index is 0.126. The highest BCUT2D eigenvalue weighted by atomic mass is 127. The van der Waals surface area contributed by atoms with E-state index in [1.54, 1.807) is 0 Å². The van der Waals surface area contributed by atoms with Crippen LogP contribution in [0.25, 0.3) is 0 Å². The maximum Gasteiger partial charge on any atom is 0.194 e. The van der Waals surface area contributed by atoms with Crippen molar-refractivity contribution < 1.29 is 4.79 Å². The normalized spacial score (nSPS) is 10.7. The van der Waals surface area contributed by atoms with Gasteiger partial charge in [-0.05, 0) is 52.6 Å². The van der Waals surface area contributed by atoms with E-state index in [4.69, 9.17) is 0 Å². The highest BCUT2D eigenvalue weighted by Crippen LogP contribution is 2.20. The number of carbonyl (C=O) groups excluding carboxylic acids is 1. The zero-order valence-corrected chi connectivity index (χ0v) is 13.3. The highest BCUT2D eigenvalue weighted by Gasteiger charge is 2.15. The van der Waals surface area contributed by atoms with Gasteiger partial charge in [0.25, 0.3) is 0 Å². The average Bonchev–Trinajstić information content (AvgIpc) is 2.38. The van der Waals surface area contributed by atoms with Crippen molar-refractivity contribution in [2.24, 2.45) is 5.92 Å². The molecule has 0 heterocycles. The molecule has 0 atom stereocenters. The summed E-state index contributed by atoms with van der Waals surface area (Å²) in [6.45, 7) is 4.35. The first-order valence-corrected chi connectivity index (χ1v) is 7.54. The molecule has 0 aliphatic carbocycles. The summed E-state index contributed by atoms with van der Waals surface area (Å²) < 4.78 is 1.00. The van der Waals surface area contributed by atoms with Crippen LogP contribution in [0.1, 0.15) is 35.3 Å². The number of ketones is 1. The predicted molar refractivity (Wildman–Crippen MR) is 87.6 cm³/mol.